The first kappa shape index (κ1) is 17.0. The third kappa shape index (κ3) is 3.36. The molecule has 0 unspecified atom stereocenters. The lowest BCUT2D eigenvalue weighted by atomic mass is 9.59. The highest BCUT2D eigenvalue weighted by Gasteiger charge is 2.54. The Kier molecular flexibility index (Phi) is 5.51. The molecule has 0 amide bonds. The van der Waals surface area contributed by atoms with Crippen molar-refractivity contribution >= 4 is 5.78 Å². The average Bonchev–Trinajstić information content (AvgIpc) is 2.76. The predicted molar refractivity (Wildman–Crippen MR) is 87.0 cm³/mol. The molecule has 2 heteroatoms. The van der Waals surface area contributed by atoms with E-state index >= 15 is 0 Å². The van der Waals surface area contributed by atoms with Crippen LogP contribution in [0.4, 0.5) is 0 Å². The Bertz CT molecular complexity index is 363. The minimum atomic E-state index is -0.0726. The predicted octanol–water partition coefficient (Wildman–Crippen LogP) is 4.45. The van der Waals surface area contributed by atoms with Gasteiger partial charge in [0.1, 0.15) is 5.78 Å². The molecular formula is C19H34O2. The fraction of sp³-hybridized carbons (Fsp3) is 0.947. The molecule has 0 spiro atoms. The normalized spacial score (nSPS) is 37.8. The fourth-order valence-corrected chi connectivity index (χ4v) is 5.34. The smallest absolute Gasteiger partial charge is 0.138 e. The molecule has 0 bridgehead atoms. The average molecular weight is 294 g/mol. The zero-order chi connectivity index (χ0) is 15.6. The summed E-state index contributed by atoms with van der Waals surface area (Å²) < 4.78 is 0. The number of carbonyl (C=O) groups is 1. The number of aliphatic hydroxyl groups excluding tert-OH is 1. The van der Waals surface area contributed by atoms with E-state index in [-0.39, 0.29) is 12.5 Å². The van der Waals surface area contributed by atoms with Gasteiger partial charge in [-0.2, -0.15) is 0 Å². The molecule has 0 aromatic carbocycles. The monoisotopic (exact) mass is 294 g/mol. The van der Waals surface area contributed by atoms with Gasteiger partial charge < -0.3 is 5.11 Å². The summed E-state index contributed by atoms with van der Waals surface area (Å²) in [7, 11) is 0. The second-order valence-electron chi connectivity index (χ2n) is 8.35. The largest absolute Gasteiger partial charge is 0.396 e. The van der Waals surface area contributed by atoms with Crippen LogP contribution in [0, 0.1) is 35.0 Å². The second kappa shape index (κ2) is 6.81. The lowest BCUT2D eigenvalue weighted by molar-refractivity contribution is -0.134. The zero-order valence-electron chi connectivity index (χ0n) is 14.4. The molecule has 0 saturated heterocycles. The van der Waals surface area contributed by atoms with Crippen LogP contribution in [0.2, 0.25) is 0 Å². The van der Waals surface area contributed by atoms with Gasteiger partial charge in [0, 0.05) is 12.3 Å². The Morgan fingerprint density at radius 3 is 2.57 bits per heavy atom. The number of hydrogen-bond acceptors (Lipinski definition) is 2. The number of carbonyl (C=O) groups excluding carboxylic acids is 1. The van der Waals surface area contributed by atoms with Gasteiger partial charge in [0.05, 0.1) is 6.61 Å². The van der Waals surface area contributed by atoms with Crippen molar-refractivity contribution in [2.45, 2.75) is 72.6 Å². The van der Waals surface area contributed by atoms with Crippen LogP contribution < -0.4 is 0 Å². The molecule has 2 aliphatic rings. The van der Waals surface area contributed by atoms with E-state index in [0.717, 1.165) is 30.6 Å². The van der Waals surface area contributed by atoms with Gasteiger partial charge in [0.2, 0.25) is 0 Å². The standard InChI is InChI=1S/C19H34O2/c1-13(2)6-5-7-14(3)16-8-9-17-15(12-20)18(21)10-11-19(16,17)4/h13-17,20H,5-12H2,1-4H3/t14-,15+,16-,17+,19-/m0/s1. The summed E-state index contributed by atoms with van der Waals surface area (Å²) in [5, 5.41) is 9.63. The third-order valence-corrected chi connectivity index (χ3v) is 6.62. The minimum Gasteiger partial charge on any atom is -0.396 e. The van der Waals surface area contributed by atoms with Crippen molar-refractivity contribution in [3.05, 3.63) is 0 Å². The van der Waals surface area contributed by atoms with Crippen molar-refractivity contribution < 1.29 is 9.90 Å². The molecule has 2 saturated carbocycles. The second-order valence-corrected chi connectivity index (χ2v) is 8.35. The van der Waals surface area contributed by atoms with E-state index in [9.17, 15) is 9.90 Å². The maximum Gasteiger partial charge on any atom is 0.138 e. The summed E-state index contributed by atoms with van der Waals surface area (Å²) in [5.74, 6) is 2.98. The molecule has 5 atom stereocenters. The first-order valence-electron chi connectivity index (χ1n) is 9.03. The molecule has 2 nitrogen and oxygen atoms in total. The van der Waals surface area contributed by atoms with Crippen LogP contribution in [0.5, 0.6) is 0 Å². The molecule has 2 fully saturated rings. The lowest BCUT2D eigenvalue weighted by Crippen LogP contribution is -2.44. The first-order chi connectivity index (χ1) is 9.90. The summed E-state index contributed by atoms with van der Waals surface area (Å²) in [5.41, 5.74) is 0.290. The molecule has 2 aliphatic carbocycles. The highest BCUT2D eigenvalue weighted by atomic mass is 16.3. The number of fused-ring (bicyclic) bond motifs is 1. The van der Waals surface area contributed by atoms with E-state index in [4.69, 9.17) is 0 Å². The first-order valence-corrected chi connectivity index (χ1v) is 9.03. The van der Waals surface area contributed by atoms with E-state index in [0.29, 0.717) is 23.5 Å². The van der Waals surface area contributed by atoms with Crippen LogP contribution in [0.25, 0.3) is 0 Å². The highest BCUT2D eigenvalue weighted by Crippen LogP contribution is 2.59. The zero-order valence-corrected chi connectivity index (χ0v) is 14.4. The third-order valence-electron chi connectivity index (χ3n) is 6.62. The summed E-state index contributed by atoms with van der Waals surface area (Å²) in [4.78, 5) is 12.1. The van der Waals surface area contributed by atoms with E-state index < -0.39 is 0 Å². The topological polar surface area (TPSA) is 37.3 Å². The van der Waals surface area contributed by atoms with Gasteiger partial charge >= 0.3 is 0 Å². The van der Waals surface area contributed by atoms with Crippen LogP contribution in [0.1, 0.15) is 72.6 Å². The molecule has 1 N–H and O–H groups in total. The van der Waals surface area contributed by atoms with Crippen LogP contribution in [-0.4, -0.2) is 17.5 Å². The van der Waals surface area contributed by atoms with Crippen molar-refractivity contribution in [2.75, 3.05) is 6.61 Å². The van der Waals surface area contributed by atoms with Crippen LogP contribution in [-0.2, 0) is 4.79 Å². The quantitative estimate of drug-likeness (QED) is 0.785. The van der Waals surface area contributed by atoms with Crippen molar-refractivity contribution in [1.29, 1.82) is 0 Å². The molecule has 0 radical (unpaired) electrons. The fourth-order valence-electron chi connectivity index (χ4n) is 5.34. The van der Waals surface area contributed by atoms with Crippen LogP contribution >= 0.6 is 0 Å². The Balaban J connectivity index is 2.01. The Hall–Kier alpha value is -0.370. The van der Waals surface area contributed by atoms with Gasteiger partial charge in [-0.3, -0.25) is 4.79 Å². The summed E-state index contributed by atoms with van der Waals surface area (Å²) >= 11 is 0. The number of aliphatic hydroxyl groups is 1. The highest BCUT2D eigenvalue weighted by molar-refractivity contribution is 5.82. The number of hydrogen-bond donors (Lipinski definition) is 1. The van der Waals surface area contributed by atoms with Gasteiger partial charge in [-0.1, -0.05) is 47.0 Å². The Morgan fingerprint density at radius 1 is 1.24 bits per heavy atom. The van der Waals surface area contributed by atoms with Gasteiger partial charge in [-0.15, -0.1) is 0 Å². The minimum absolute atomic E-state index is 0.0630. The SMILES string of the molecule is CC(C)CCC[C@H](C)[C@@H]1CC[C@@H]2[C@@H](CO)C(=O)CC[C@]21C. The van der Waals surface area contributed by atoms with Gasteiger partial charge in [0.25, 0.3) is 0 Å². The number of rotatable bonds is 6. The number of ketones is 1. The maximum atomic E-state index is 12.1. The Morgan fingerprint density at radius 2 is 1.95 bits per heavy atom. The molecule has 122 valence electrons. The summed E-state index contributed by atoms with van der Waals surface area (Å²) in [6, 6.07) is 0. The number of Topliss-reactive ketones (excluding diaryl/α,β-unsaturated/α-hetero) is 1. The van der Waals surface area contributed by atoms with Crippen molar-refractivity contribution in [3.8, 4) is 0 Å². The summed E-state index contributed by atoms with van der Waals surface area (Å²) in [6.07, 6.45) is 8.12. The van der Waals surface area contributed by atoms with Crippen LogP contribution in [0.15, 0.2) is 0 Å². The van der Waals surface area contributed by atoms with E-state index in [1.54, 1.807) is 0 Å². The molecule has 0 aromatic heterocycles. The van der Waals surface area contributed by atoms with Gasteiger partial charge in [-0.05, 0) is 48.3 Å². The van der Waals surface area contributed by atoms with Crippen molar-refractivity contribution in [3.63, 3.8) is 0 Å². The molecule has 0 aliphatic heterocycles. The van der Waals surface area contributed by atoms with Gasteiger partial charge in [-0.25, -0.2) is 0 Å². The maximum absolute atomic E-state index is 12.1. The molecule has 0 aromatic rings. The summed E-state index contributed by atoms with van der Waals surface area (Å²) in [6.45, 7) is 9.49. The van der Waals surface area contributed by atoms with E-state index in [1.165, 1.54) is 25.7 Å². The Labute approximate surface area is 130 Å². The van der Waals surface area contributed by atoms with E-state index in [1.807, 2.05) is 0 Å². The molecule has 2 rings (SSSR count). The van der Waals surface area contributed by atoms with Crippen molar-refractivity contribution in [1.82, 2.24) is 0 Å². The molecule has 21 heavy (non-hydrogen) atoms. The molecular weight excluding hydrogens is 260 g/mol. The lowest BCUT2D eigenvalue weighted by Gasteiger charge is -2.45. The van der Waals surface area contributed by atoms with Crippen LogP contribution in [0.3, 0.4) is 0 Å². The van der Waals surface area contributed by atoms with Gasteiger partial charge in [0.15, 0.2) is 0 Å². The molecule has 0 heterocycles. The van der Waals surface area contributed by atoms with Crippen molar-refractivity contribution in [2.24, 2.45) is 35.0 Å². The van der Waals surface area contributed by atoms with E-state index in [2.05, 4.69) is 27.7 Å².